The Morgan fingerprint density at radius 1 is 0.696 bits per heavy atom. The molecule has 2 rings (SSSR count). The zero-order valence-corrected chi connectivity index (χ0v) is 41.9. The number of hydrogen-bond donors (Lipinski definition) is 10. The van der Waals surface area contributed by atoms with Gasteiger partial charge in [0.15, 0.2) is 5.96 Å². The summed E-state index contributed by atoms with van der Waals surface area (Å²) < 4.78 is 0. The number of carbonyl (C=O) groups excluding carboxylic acids is 10. The van der Waals surface area contributed by atoms with Crippen LogP contribution in [0.15, 0.2) is 4.99 Å². The van der Waals surface area contributed by atoms with Gasteiger partial charge in [-0.15, -0.1) is 0 Å². The van der Waals surface area contributed by atoms with Gasteiger partial charge in [-0.1, -0.05) is 47.5 Å². The summed E-state index contributed by atoms with van der Waals surface area (Å²) in [5.74, 6) is -7.12. The van der Waals surface area contributed by atoms with Crippen LogP contribution in [0.5, 0.6) is 0 Å². The van der Waals surface area contributed by atoms with Gasteiger partial charge in [0.2, 0.25) is 59.1 Å². The Labute approximate surface area is 405 Å². The minimum absolute atomic E-state index is 0.130. The van der Waals surface area contributed by atoms with E-state index in [0.717, 1.165) is 4.90 Å². The van der Waals surface area contributed by atoms with Gasteiger partial charge in [-0.2, -0.15) is 0 Å². The van der Waals surface area contributed by atoms with Crippen molar-refractivity contribution < 1.29 is 53.1 Å². The smallest absolute Gasteiger partial charge is 0.245 e. The molecule has 9 atom stereocenters. The molecule has 0 aromatic heterocycles. The van der Waals surface area contributed by atoms with E-state index in [1.54, 1.807) is 41.5 Å². The van der Waals surface area contributed by atoms with E-state index in [0.29, 0.717) is 51.6 Å². The first kappa shape index (κ1) is 59.1. The lowest BCUT2D eigenvalue weighted by Crippen LogP contribution is -2.62. The van der Waals surface area contributed by atoms with Crippen molar-refractivity contribution in [1.82, 2.24) is 51.9 Å². The average molecular weight is 978 g/mol. The Bertz CT molecular complexity index is 1840. The van der Waals surface area contributed by atoms with Crippen LogP contribution in [0.4, 0.5) is 0 Å². The third kappa shape index (κ3) is 18.4. The fraction of sp³-hybridized carbons (Fsp3) is 0.756. The molecule has 0 aromatic rings. The van der Waals surface area contributed by atoms with Crippen LogP contribution in [0.3, 0.4) is 0 Å². The van der Waals surface area contributed by atoms with Crippen molar-refractivity contribution in [2.45, 2.75) is 162 Å². The van der Waals surface area contributed by atoms with Gasteiger partial charge in [-0.05, 0) is 70.6 Å². The summed E-state index contributed by atoms with van der Waals surface area (Å²) >= 11 is 0. The van der Waals surface area contributed by atoms with Crippen LogP contribution >= 0.6 is 0 Å². The van der Waals surface area contributed by atoms with E-state index in [1.165, 1.54) is 30.7 Å². The highest BCUT2D eigenvalue weighted by Gasteiger charge is 2.42. The maximum atomic E-state index is 14.3. The number of aliphatic imine (C=N–C) groups is 1. The van der Waals surface area contributed by atoms with Gasteiger partial charge in [0.05, 0.1) is 19.2 Å². The van der Waals surface area contributed by atoms with E-state index in [2.05, 4.69) is 42.2 Å². The molecule has 24 heteroatoms. The Balaban J connectivity index is 2.25. The van der Waals surface area contributed by atoms with Crippen molar-refractivity contribution in [3.63, 3.8) is 0 Å². The zero-order chi connectivity index (χ0) is 52.1. The summed E-state index contributed by atoms with van der Waals surface area (Å²) in [6.45, 7) is 13.2. The van der Waals surface area contributed by atoms with Crippen molar-refractivity contribution in [2.24, 2.45) is 28.3 Å². The van der Waals surface area contributed by atoms with E-state index >= 15 is 0 Å². The highest BCUT2D eigenvalue weighted by Crippen LogP contribution is 2.23. The van der Waals surface area contributed by atoms with Gasteiger partial charge in [-0.3, -0.25) is 52.9 Å². The van der Waals surface area contributed by atoms with Crippen LogP contribution in [-0.2, 0) is 47.9 Å². The van der Waals surface area contributed by atoms with E-state index in [4.69, 9.17) is 11.5 Å². The molecule has 24 nitrogen and oxygen atoms in total. The monoisotopic (exact) mass is 978 g/mol. The van der Waals surface area contributed by atoms with E-state index in [9.17, 15) is 53.1 Å². The lowest BCUT2D eigenvalue weighted by Gasteiger charge is -2.32. The number of likely N-dealkylation sites (N-methyl/N-ethyl adjacent to an activating group) is 2. The summed E-state index contributed by atoms with van der Waals surface area (Å²) in [6.07, 6.45) is 1.68. The lowest BCUT2D eigenvalue weighted by molar-refractivity contribution is -0.145. The first-order chi connectivity index (χ1) is 32.5. The van der Waals surface area contributed by atoms with Crippen molar-refractivity contribution in [3.8, 4) is 0 Å². The molecule has 0 spiro atoms. The molecule has 12 N–H and O–H groups in total. The largest absolute Gasteiger partial charge is 0.391 e. The fourth-order valence-corrected chi connectivity index (χ4v) is 8.05. The molecular formula is C45H79N13O11. The molecule has 10 amide bonds. The van der Waals surface area contributed by atoms with Crippen molar-refractivity contribution in [3.05, 3.63) is 0 Å². The Morgan fingerprint density at radius 3 is 1.74 bits per heavy atom. The Hall–Kier alpha value is -6.07. The molecule has 0 saturated carbocycles. The molecular weight excluding hydrogens is 899 g/mol. The van der Waals surface area contributed by atoms with Gasteiger partial charge in [0.25, 0.3) is 0 Å². The predicted octanol–water partition coefficient (Wildman–Crippen LogP) is -2.94. The number of nitrogens with zero attached hydrogens (tertiary/aromatic N) is 4. The molecule has 2 heterocycles. The molecule has 2 aliphatic rings. The minimum atomic E-state index is -1.60. The molecule has 2 saturated heterocycles. The molecule has 0 radical (unpaired) electrons. The zero-order valence-electron chi connectivity index (χ0n) is 41.9. The van der Waals surface area contributed by atoms with Gasteiger partial charge >= 0.3 is 0 Å². The molecule has 2 fully saturated rings. The van der Waals surface area contributed by atoms with E-state index in [1.807, 2.05) is 0 Å². The number of aliphatic hydroxyl groups is 1. The van der Waals surface area contributed by atoms with Crippen LogP contribution in [0.25, 0.3) is 0 Å². The lowest BCUT2D eigenvalue weighted by atomic mass is 9.96. The standard InChI is InChI=1S/C45H79N13O11/c1-10-16-29(43(68)58-22-15-19-32(58)39(64)51-30(17-13-20-49-45(46)47)44(69)57-21-14-18-31(57)38(63)48-12-3)52-42(67)37(27(7)59)55-41(66)36(26(6)11-2)54-40(65)35(25(4)5)53-33(61)23-50-34(62)24-56(9)28(8)60/h25-27,29-32,35-37,59H,10-24H2,1-9H3,(H,48,63)(H,50,62)(H,51,64)(H,52,67)(H,53,61)(H,54,65)(H,55,66)(H4,46,47,49)/t26-,27-,29-,30-,31-,32-,35-,36+,37-/m0/s1. The number of likely N-dealkylation sites (tertiary alicyclic amines) is 2. The number of hydrogen-bond acceptors (Lipinski definition) is 12. The van der Waals surface area contributed by atoms with E-state index in [-0.39, 0.29) is 56.7 Å². The van der Waals surface area contributed by atoms with Gasteiger partial charge < -0.3 is 68.5 Å². The maximum Gasteiger partial charge on any atom is 0.245 e. The van der Waals surface area contributed by atoms with Gasteiger partial charge in [-0.25, -0.2) is 0 Å². The van der Waals surface area contributed by atoms with Crippen LogP contribution in [0.1, 0.15) is 113 Å². The molecule has 0 bridgehead atoms. The van der Waals surface area contributed by atoms with Gasteiger partial charge in [0, 0.05) is 40.2 Å². The second-order valence-corrected chi connectivity index (χ2v) is 18.2. The van der Waals surface area contributed by atoms with Crippen LogP contribution in [0, 0.1) is 11.8 Å². The quantitative estimate of drug-likeness (QED) is 0.0224. The molecule has 0 aromatic carbocycles. The second kappa shape index (κ2) is 29.1. The highest BCUT2D eigenvalue weighted by molar-refractivity contribution is 5.98. The molecule has 390 valence electrons. The first-order valence-electron chi connectivity index (χ1n) is 24.1. The second-order valence-electron chi connectivity index (χ2n) is 18.2. The molecule has 2 aliphatic heterocycles. The fourth-order valence-electron chi connectivity index (χ4n) is 8.05. The van der Waals surface area contributed by atoms with Crippen molar-refractivity contribution in [2.75, 3.05) is 46.3 Å². The maximum absolute atomic E-state index is 14.3. The van der Waals surface area contributed by atoms with Crippen LogP contribution < -0.4 is 48.7 Å². The Kier molecular flexibility index (Phi) is 24.9. The van der Waals surface area contributed by atoms with Crippen LogP contribution in [0.2, 0.25) is 0 Å². The number of carbonyl (C=O) groups is 10. The summed E-state index contributed by atoms with van der Waals surface area (Å²) in [6, 6.07) is -7.96. The minimum Gasteiger partial charge on any atom is -0.391 e. The van der Waals surface area contributed by atoms with Crippen LogP contribution in [-0.4, -0.2) is 180 Å². The SMILES string of the molecule is CCC[C@H](NC(=O)[C@@H](NC(=O)[C@H](NC(=O)[C@@H](NC(=O)CNC(=O)CN(C)C(C)=O)C(C)C)[C@@H](C)CC)[C@H](C)O)C(=O)N1CCC[C@H]1C(=O)N[C@@H](CCCN=C(N)N)C(=O)N1CCC[C@H]1C(=O)NCC. The highest BCUT2D eigenvalue weighted by atomic mass is 16.3. The summed E-state index contributed by atoms with van der Waals surface area (Å²) in [7, 11) is 1.42. The molecule has 0 unspecified atom stereocenters. The molecule has 69 heavy (non-hydrogen) atoms. The summed E-state index contributed by atoms with van der Waals surface area (Å²) in [5, 5.41) is 29.3. The number of guanidine groups is 1. The number of rotatable bonds is 27. The summed E-state index contributed by atoms with van der Waals surface area (Å²) in [5.41, 5.74) is 11.0. The summed E-state index contributed by atoms with van der Waals surface area (Å²) in [4.78, 5) is 141. The molecule has 0 aliphatic carbocycles. The predicted molar refractivity (Wildman–Crippen MR) is 255 cm³/mol. The Morgan fingerprint density at radius 2 is 1.23 bits per heavy atom. The van der Waals surface area contributed by atoms with Crippen molar-refractivity contribution in [1.29, 1.82) is 0 Å². The van der Waals surface area contributed by atoms with Gasteiger partial charge in [0.1, 0.15) is 42.3 Å². The third-order valence-electron chi connectivity index (χ3n) is 12.3. The first-order valence-corrected chi connectivity index (χ1v) is 24.1. The number of aliphatic hydroxyl groups excluding tert-OH is 1. The number of amides is 10. The van der Waals surface area contributed by atoms with E-state index < -0.39 is 114 Å². The number of nitrogens with two attached hydrogens (primary N) is 2. The average Bonchev–Trinajstić information content (AvgIpc) is 3.99. The number of nitrogens with one attached hydrogen (secondary N) is 7. The van der Waals surface area contributed by atoms with Crippen molar-refractivity contribution >= 4 is 65.0 Å². The third-order valence-corrected chi connectivity index (χ3v) is 12.3. The normalized spacial score (nSPS) is 18.5. The topological polar surface area (TPSA) is 349 Å².